The topological polar surface area (TPSA) is 32.3 Å². The Labute approximate surface area is 105 Å². The van der Waals surface area contributed by atoms with E-state index < -0.39 is 0 Å². The van der Waals surface area contributed by atoms with Gasteiger partial charge in [0.05, 0.1) is 0 Å². The van der Waals surface area contributed by atoms with Gasteiger partial charge < -0.3 is 10.4 Å². The standard InChI is InChI=1S/C15H27NO/c17-12-14(6-2-1-3-7-14)10-16-11-15(8-9-15)13-4-5-13/h13,16-17H,1-12H2. The second-order valence-corrected chi connectivity index (χ2v) is 6.96. The summed E-state index contributed by atoms with van der Waals surface area (Å²) in [4.78, 5) is 0. The number of aliphatic hydroxyl groups is 1. The summed E-state index contributed by atoms with van der Waals surface area (Å²) >= 11 is 0. The van der Waals surface area contributed by atoms with Gasteiger partial charge >= 0.3 is 0 Å². The minimum absolute atomic E-state index is 0.220. The number of nitrogens with one attached hydrogen (secondary N) is 1. The average Bonchev–Trinajstić information content (AvgIpc) is 3.23. The number of aliphatic hydroxyl groups excluding tert-OH is 1. The molecule has 0 aromatic heterocycles. The van der Waals surface area contributed by atoms with Crippen LogP contribution in [0.25, 0.3) is 0 Å². The molecule has 0 heterocycles. The first-order chi connectivity index (χ1) is 8.29. The molecule has 0 radical (unpaired) electrons. The molecular weight excluding hydrogens is 210 g/mol. The third-order valence-electron chi connectivity index (χ3n) is 5.56. The van der Waals surface area contributed by atoms with Crippen LogP contribution in [0.1, 0.15) is 57.8 Å². The van der Waals surface area contributed by atoms with Gasteiger partial charge in [-0.05, 0) is 49.9 Å². The molecule has 3 saturated carbocycles. The zero-order chi connectivity index (χ0) is 11.8. The molecule has 98 valence electrons. The summed E-state index contributed by atoms with van der Waals surface area (Å²) in [7, 11) is 0. The van der Waals surface area contributed by atoms with Crippen molar-refractivity contribution in [1.82, 2.24) is 5.32 Å². The molecule has 2 heteroatoms. The summed E-state index contributed by atoms with van der Waals surface area (Å²) in [6.07, 6.45) is 12.3. The van der Waals surface area contributed by atoms with Crippen LogP contribution in [0.4, 0.5) is 0 Å². The van der Waals surface area contributed by atoms with E-state index in [9.17, 15) is 5.11 Å². The molecule has 0 bridgehead atoms. The second kappa shape index (κ2) is 4.55. The molecule has 3 fully saturated rings. The molecule has 0 atom stereocenters. The Balaban J connectivity index is 1.46. The van der Waals surface area contributed by atoms with Crippen LogP contribution in [0.2, 0.25) is 0 Å². The Morgan fingerprint density at radius 1 is 0.941 bits per heavy atom. The summed E-state index contributed by atoms with van der Waals surface area (Å²) in [5.74, 6) is 1.05. The molecule has 3 rings (SSSR count). The second-order valence-electron chi connectivity index (χ2n) is 6.96. The monoisotopic (exact) mass is 237 g/mol. The normalized spacial score (nSPS) is 30.2. The molecule has 2 N–H and O–H groups in total. The predicted octanol–water partition coefficient (Wildman–Crippen LogP) is 2.71. The highest BCUT2D eigenvalue weighted by molar-refractivity contribution is 5.05. The number of rotatable bonds is 6. The Morgan fingerprint density at radius 2 is 1.65 bits per heavy atom. The van der Waals surface area contributed by atoms with Crippen LogP contribution in [-0.2, 0) is 0 Å². The zero-order valence-corrected chi connectivity index (χ0v) is 11.0. The quantitative estimate of drug-likeness (QED) is 0.744. The molecule has 0 aromatic carbocycles. The highest BCUT2D eigenvalue weighted by atomic mass is 16.3. The van der Waals surface area contributed by atoms with Crippen molar-refractivity contribution in [3.05, 3.63) is 0 Å². The molecule has 0 saturated heterocycles. The maximum absolute atomic E-state index is 9.67. The zero-order valence-electron chi connectivity index (χ0n) is 11.0. The van der Waals surface area contributed by atoms with Crippen LogP contribution in [0.3, 0.4) is 0 Å². The Bertz CT molecular complexity index is 262. The smallest absolute Gasteiger partial charge is 0.0499 e. The van der Waals surface area contributed by atoms with Crippen LogP contribution in [0.15, 0.2) is 0 Å². The van der Waals surface area contributed by atoms with Crippen LogP contribution < -0.4 is 5.32 Å². The lowest BCUT2D eigenvalue weighted by molar-refractivity contribution is 0.0796. The average molecular weight is 237 g/mol. The molecule has 0 aliphatic heterocycles. The van der Waals surface area contributed by atoms with Crippen LogP contribution in [0, 0.1) is 16.7 Å². The molecule has 3 aliphatic rings. The maximum atomic E-state index is 9.67. The van der Waals surface area contributed by atoms with Crippen molar-refractivity contribution in [2.45, 2.75) is 57.8 Å². The Morgan fingerprint density at radius 3 is 2.18 bits per heavy atom. The molecule has 17 heavy (non-hydrogen) atoms. The molecule has 0 spiro atoms. The van der Waals surface area contributed by atoms with Crippen molar-refractivity contribution in [2.75, 3.05) is 19.7 Å². The fourth-order valence-corrected chi connectivity index (χ4v) is 3.85. The SMILES string of the molecule is OCC1(CNCC2(C3CC3)CC2)CCCCC1. The van der Waals surface area contributed by atoms with Gasteiger partial charge in [-0.3, -0.25) is 0 Å². The van der Waals surface area contributed by atoms with E-state index in [2.05, 4.69) is 5.32 Å². The summed E-state index contributed by atoms with van der Waals surface area (Å²) in [5.41, 5.74) is 0.920. The van der Waals surface area contributed by atoms with Crippen molar-refractivity contribution in [3.8, 4) is 0 Å². The van der Waals surface area contributed by atoms with Crippen LogP contribution in [-0.4, -0.2) is 24.8 Å². The van der Waals surface area contributed by atoms with E-state index in [0.29, 0.717) is 12.0 Å². The molecule has 0 unspecified atom stereocenters. The van der Waals surface area contributed by atoms with E-state index in [1.54, 1.807) is 0 Å². The van der Waals surface area contributed by atoms with Crippen molar-refractivity contribution in [3.63, 3.8) is 0 Å². The highest BCUT2D eigenvalue weighted by Gasteiger charge is 2.53. The first kappa shape index (κ1) is 12.0. The minimum Gasteiger partial charge on any atom is -0.396 e. The fourth-order valence-electron chi connectivity index (χ4n) is 3.85. The largest absolute Gasteiger partial charge is 0.396 e. The highest BCUT2D eigenvalue weighted by Crippen LogP contribution is 2.60. The van der Waals surface area contributed by atoms with E-state index >= 15 is 0 Å². The number of hydrogen-bond donors (Lipinski definition) is 2. The van der Waals surface area contributed by atoms with Crippen molar-refractivity contribution >= 4 is 0 Å². The molecule has 2 nitrogen and oxygen atoms in total. The van der Waals surface area contributed by atoms with E-state index in [-0.39, 0.29) is 5.41 Å². The summed E-state index contributed by atoms with van der Waals surface area (Å²) < 4.78 is 0. The first-order valence-corrected chi connectivity index (χ1v) is 7.60. The lowest BCUT2D eigenvalue weighted by atomic mass is 9.74. The van der Waals surface area contributed by atoms with Gasteiger partial charge in [0.2, 0.25) is 0 Å². The first-order valence-electron chi connectivity index (χ1n) is 7.60. The van der Waals surface area contributed by atoms with Crippen LogP contribution in [0.5, 0.6) is 0 Å². The Kier molecular flexibility index (Phi) is 3.20. The van der Waals surface area contributed by atoms with Gasteiger partial charge in [-0.25, -0.2) is 0 Å². The third kappa shape index (κ3) is 2.53. The van der Waals surface area contributed by atoms with Crippen molar-refractivity contribution in [1.29, 1.82) is 0 Å². The maximum Gasteiger partial charge on any atom is 0.0499 e. The molecule has 0 aromatic rings. The van der Waals surface area contributed by atoms with E-state index in [1.165, 1.54) is 64.3 Å². The molecule has 3 aliphatic carbocycles. The molecule has 0 amide bonds. The van der Waals surface area contributed by atoms with Crippen molar-refractivity contribution in [2.24, 2.45) is 16.7 Å². The fraction of sp³-hybridized carbons (Fsp3) is 1.00. The van der Waals surface area contributed by atoms with Gasteiger partial charge in [-0.2, -0.15) is 0 Å². The molecular formula is C15H27NO. The summed E-state index contributed by atoms with van der Waals surface area (Å²) in [5, 5.41) is 13.4. The van der Waals surface area contributed by atoms with Gasteiger partial charge in [0.15, 0.2) is 0 Å². The predicted molar refractivity (Wildman–Crippen MR) is 69.9 cm³/mol. The van der Waals surface area contributed by atoms with E-state index in [4.69, 9.17) is 0 Å². The summed E-state index contributed by atoms with van der Waals surface area (Å²) in [6, 6.07) is 0. The number of hydrogen-bond acceptors (Lipinski definition) is 2. The minimum atomic E-state index is 0.220. The van der Waals surface area contributed by atoms with Gasteiger partial charge in [0, 0.05) is 25.1 Å². The van der Waals surface area contributed by atoms with E-state index in [1.807, 2.05) is 0 Å². The van der Waals surface area contributed by atoms with Crippen molar-refractivity contribution < 1.29 is 5.11 Å². The third-order valence-corrected chi connectivity index (χ3v) is 5.56. The lowest BCUT2D eigenvalue weighted by Crippen LogP contribution is -2.41. The van der Waals surface area contributed by atoms with Gasteiger partial charge in [-0.15, -0.1) is 0 Å². The van der Waals surface area contributed by atoms with E-state index in [0.717, 1.165) is 12.5 Å². The summed E-state index contributed by atoms with van der Waals surface area (Å²) in [6.45, 7) is 2.66. The van der Waals surface area contributed by atoms with Gasteiger partial charge in [-0.1, -0.05) is 19.3 Å². The Hall–Kier alpha value is -0.0800. The van der Waals surface area contributed by atoms with Gasteiger partial charge in [0.1, 0.15) is 0 Å². The lowest BCUT2D eigenvalue weighted by Gasteiger charge is -2.36. The van der Waals surface area contributed by atoms with Crippen LogP contribution >= 0.6 is 0 Å². The van der Waals surface area contributed by atoms with Gasteiger partial charge in [0.25, 0.3) is 0 Å².